The number of hydrogen-bond acceptors (Lipinski definition) is 3. The first-order chi connectivity index (χ1) is 7.86. The zero-order valence-electron chi connectivity index (χ0n) is 11.3. The molecule has 0 radical (unpaired) electrons. The first-order valence-corrected chi connectivity index (χ1v) is 8.08. The van der Waals surface area contributed by atoms with Gasteiger partial charge in [-0.1, -0.05) is 19.8 Å². The van der Waals surface area contributed by atoms with Crippen molar-refractivity contribution in [2.75, 3.05) is 13.1 Å². The van der Waals surface area contributed by atoms with Gasteiger partial charge in [-0.25, -0.2) is 8.42 Å². The van der Waals surface area contributed by atoms with Crippen LogP contribution in [0.2, 0.25) is 0 Å². The smallest absolute Gasteiger partial charge is 0.217 e. The van der Waals surface area contributed by atoms with Crippen LogP contribution in [-0.2, 0) is 10.0 Å². The molecule has 0 saturated heterocycles. The molecule has 0 unspecified atom stereocenters. The lowest BCUT2D eigenvalue weighted by Gasteiger charge is -2.38. The largest absolute Gasteiger partial charge is 0.329 e. The Kier molecular flexibility index (Phi) is 4.98. The molecule has 17 heavy (non-hydrogen) atoms. The van der Waals surface area contributed by atoms with Gasteiger partial charge >= 0.3 is 0 Å². The second-order valence-electron chi connectivity index (χ2n) is 5.54. The summed E-state index contributed by atoms with van der Waals surface area (Å²) >= 11 is 0. The van der Waals surface area contributed by atoms with Gasteiger partial charge in [-0.05, 0) is 33.1 Å². The van der Waals surface area contributed by atoms with E-state index in [0.29, 0.717) is 13.1 Å². The molecule has 1 aliphatic rings. The Morgan fingerprint density at radius 3 is 2.24 bits per heavy atom. The monoisotopic (exact) mass is 262 g/mol. The van der Waals surface area contributed by atoms with Gasteiger partial charge in [0.25, 0.3) is 0 Å². The van der Waals surface area contributed by atoms with Crippen molar-refractivity contribution in [1.29, 1.82) is 0 Å². The molecule has 0 aromatic rings. The molecule has 0 heterocycles. The topological polar surface area (TPSA) is 63.4 Å². The van der Waals surface area contributed by atoms with Crippen LogP contribution in [0, 0.1) is 0 Å². The maximum Gasteiger partial charge on any atom is 0.217 e. The highest BCUT2D eigenvalue weighted by Gasteiger charge is 2.40. The van der Waals surface area contributed by atoms with E-state index in [-0.39, 0.29) is 5.25 Å². The Bertz CT molecular complexity index is 332. The molecule has 0 atom stereocenters. The zero-order valence-corrected chi connectivity index (χ0v) is 12.1. The van der Waals surface area contributed by atoms with Gasteiger partial charge in [-0.3, -0.25) is 0 Å². The van der Waals surface area contributed by atoms with Crippen molar-refractivity contribution >= 4 is 10.0 Å². The van der Waals surface area contributed by atoms with Gasteiger partial charge in [0.1, 0.15) is 0 Å². The predicted octanol–water partition coefficient (Wildman–Crippen LogP) is 1.71. The average molecular weight is 262 g/mol. The Hall–Kier alpha value is -0.130. The van der Waals surface area contributed by atoms with Gasteiger partial charge in [-0.2, -0.15) is 4.31 Å². The van der Waals surface area contributed by atoms with Crippen LogP contribution in [0.25, 0.3) is 0 Å². The first-order valence-electron chi connectivity index (χ1n) is 6.58. The Morgan fingerprint density at radius 1 is 1.29 bits per heavy atom. The molecular formula is C12H26N2O2S. The SMILES string of the molecule is CCCN(C(C)(C)CN)S(=O)(=O)C1CCCC1. The summed E-state index contributed by atoms with van der Waals surface area (Å²) in [7, 11) is -3.18. The minimum absolute atomic E-state index is 0.181. The second-order valence-corrected chi connectivity index (χ2v) is 7.68. The number of hydrogen-bond donors (Lipinski definition) is 1. The van der Waals surface area contributed by atoms with Gasteiger partial charge in [0.2, 0.25) is 10.0 Å². The Labute approximate surface area is 106 Å². The van der Waals surface area contributed by atoms with Crippen molar-refractivity contribution in [2.24, 2.45) is 5.73 Å². The van der Waals surface area contributed by atoms with E-state index in [1.165, 1.54) is 0 Å². The molecule has 0 aliphatic heterocycles. The molecule has 1 fully saturated rings. The van der Waals surface area contributed by atoms with Gasteiger partial charge < -0.3 is 5.73 Å². The highest BCUT2D eigenvalue weighted by atomic mass is 32.2. The Balaban J connectivity index is 2.96. The van der Waals surface area contributed by atoms with Crippen LogP contribution < -0.4 is 5.73 Å². The molecule has 5 heteroatoms. The lowest BCUT2D eigenvalue weighted by molar-refractivity contribution is 0.232. The van der Waals surface area contributed by atoms with E-state index >= 15 is 0 Å². The molecule has 0 aromatic carbocycles. The number of nitrogens with zero attached hydrogens (tertiary/aromatic N) is 1. The number of rotatable bonds is 6. The third-order valence-electron chi connectivity index (χ3n) is 3.63. The summed E-state index contributed by atoms with van der Waals surface area (Å²) in [6, 6.07) is 0. The van der Waals surface area contributed by atoms with E-state index in [0.717, 1.165) is 32.1 Å². The molecule has 2 N–H and O–H groups in total. The van der Waals surface area contributed by atoms with Gasteiger partial charge in [0.05, 0.1) is 5.25 Å². The summed E-state index contributed by atoms with van der Waals surface area (Å²) in [5.74, 6) is 0. The molecule has 1 aliphatic carbocycles. The molecular weight excluding hydrogens is 236 g/mol. The fourth-order valence-electron chi connectivity index (χ4n) is 2.45. The summed E-state index contributed by atoms with van der Waals surface area (Å²) in [5, 5.41) is -0.181. The van der Waals surface area contributed by atoms with Crippen LogP contribution in [0.15, 0.2) is 0 Å². The standard InChI is InChI=1S/C12H26N2O2S/c1-4-9-14(12(2,3)10-13)17(15,16)11-7-5-6-8-11/h11H,4-10,13H2,1-3H3. The van der Waals surface area contributed by atoms with Crippen LogP contribution >= 0.6 is 0 Å². The van der Waals surface area contributed by atoms with Gasteiger partial charge in [0, 0.05) is 18.6 Å². The van der Waals surface area contributed by atoms with Crippen molar-refractivity contribution in [3.8, 4) is 0 Å². The highest BCUT2D eigenvalue weighted by Crippen LogP contribution is 2.30. The summed E-state index contributed by atoms with van der Waals surface area (Å²) < 4.78 is 26.8. The number of nitrogens with two attached hydrogens (primary N) is 1. The molecule has 0 bridgehead atoms. The van der Waals surface area contributed by atoms with E-state index in [1.807, 2.05) is 20.8 Å². The molecule has 0 aromatic heterocycles. The van der Waals surface area contributed by atoms with E-state index < -0.39 is 15.6 Å². The maximum atomic E-state index is 12.6. The van der Waals surface area contributed by atoms with Crippen molar-refractivity contribution in [3.05, 3.63) is 0 Å². The van der Waals surface area contributed by atoms with Crippen molar-refractivity contribution in [1.82, 2.24) is 4.31 Å². The zero-order chi connectivity index (χ0) is 13.1. The third kappa shape index (κ3) is 3.20. The van der Waals surface area contributed by atoms with Crippen LogP contribution in [0.5, 0.6) is 0 Å². The molecule has 102 valence electrons. The lowest BCUT2D eigenvalue weighted by atomic mass is 10.1. The molecule has 1 saturated carbocycles. The third-order valence-corrected chi connectivity index (χ3v) is 6.24. The molecule has 0 amide bonds. The first kappa shape index (κ1) is 14.9. The maximum absolute atomic E-state index is 12.6. The van der Waals surface area contributed by atoms with Gasteiger partial charge in [0.15, 0.2) is 0 Å². The van der Waals surface area contributed by atoms with E-state index in [2.05, 4.69) is 0 Å². The quantitative estimate of drug-likeness (QED) is 0.792. The highest BCUT2D eigenvalue weighted by molar-refractivity contribution is 7.89. The van der Waals surface area contributed by atoms with Crippen molar-refractivity contribution in [2.45, 2.75) is 63.7 Å². The predicted molar refractivity (Wildman–Crippen MR) is 71.3 cm³/mol. The summed E-state index contributed by atoms with van der Waals surface area (Å²) in [6.07, 6.45) is 4.52. The van der Waals surface area contributed by atoms with Gasteiger partial charge in [-0.15, -0.1) is 0 Å². The molecule has 0 spiro atoms. The van der Waals surface area contributed by atoms with Crippen LogP contribution in [0.4, 0.5) is 0 Å². The van der Waals surface area contributed by atoms with Crippen LogP contribution in [0.3, 0.4) is 0 Å². The summed E-state index contributed by atoms with van der Waals surface area (Å²) in [6.45, 7) is 6.76. The second kappa shape index (κ2) is 5.67. The van der Waals surface area contributed by atoms with E-state index in [9.17, 15) is 8.42 Å². The van der Waals surface area contributed by atoms with Crippen molar-refractivity contribution in [3.63, 3.8) is 0 Å². The fourth-order valence-corrected chi connectivity index (χ4v) is 4.93. The van der Waals surface area contributed by atoms with E-state index in [4.69, 9.17) is 5.73 Å². The van der Waals surface area contributed by atoms with E-state index in [1.54, 1.807) is 4.31 Å². The normalized spacial score (nSPS) is 19.1. The fraction of sp³-hybridized carbons (Fsp3) is 1.00. The van der Waals surface area contributed by atoms with Crippen LogP contribution in [0.1, 0.15) is 52.9 Å². The summed E-state index contributed by atoms with van der Waals surface area (Å²) in [5.41, 5.74) is 5.25. The number of sulfonamides is 1. The molecule has 1 rings (SSSR count). The molecule has 4 nitrogen and oxygen atoms in total. The average Bonchev–Trinajstić information content (AvgIpc) is 2.79. The minimum atomic E-state index is -3.18. The Morgan fingerprint density at radius 2 is 1.82 bits per heavy atom. The minimum Gasteiger partial charge on any atom is -0.329 e. The lowest BCUT2D eigenvalue weighted by Crippen LogP contribution is -2.54. The van der Waals surface area contributed by atoms with Crippen molar-refractivity contribution < 1.29 is 8.42 Å². The van der Waals surface area contributed by atoms with Crippen LogP contribution in [-0.4, -0.2) is 36.6 Å². The summed E-state index contributed by atoms with van der Waals surface area (Å²) in [4.78, 5) is 0.